The molecular formula is C15H17N3O3S2. The number of carbonyl (C=O) groups is 1. The maximum Gasteiger partial charge on any atom is 0.267 e. The number of nitrogens with zero attached hydrogens (tertiary/aromatic N) is 3. The first-order valence-electron chi connectivity index (χ1n) is 7.34. The van der Waals surface area contributed by atoms with E-state index >= 15 is 0 Å². The molecule has 0 aliphatic carbocycles. The molecule has 1 unspecified atom stereocenters. The van der Waals surface area contributed by atoms with Gasteiger partial charge >= 0.3 is 0 Å². The minimum absolute atomic E-state index is 0.0242. The molecule has 6 nitrogen and oxygen atoms in total. The monoisotopic (exact) mass is 351 g/mol. The fourth-order valence-corrected chi connectivity index (χ4v) is 5.18. The fraction of sp³-hybridized carbons (Fsp3) is 0.400. The van der Waals surface area contributed by atoms with Gasteiger partial charge in [-0.05, 0) is 30.4 Å². The zero-order chi connectivity index (χ0) is 16.4. The van der Waals surface area contributed by atoms with Crippen molar-refractivity contribution in [3.8, 4) is 0 Å². The molecule has 8 heteroatoms. The van der Waals surface area contributed by atoms with Crippen LogP contribution >= 0.6 is 11.5 Å². The second-order valence-electron chi connectivity index (χ2n) is 5.53. The van der Waals surface area contributed by atoms with Crippen molar-refractivity contribution in [1.29, 1.82) is 0 Å². The number of benzene rings is 1. The van der Waals surface area contributed by atoms with Crippen LogP contribution in [0, 0.1) is 6.92 Å². The average Bonchev–Trinajstić information content (AvgIpc) is 2.89. The third-order valence-corrected chi connectivity index (χ3v) is 6.99. The van der Waals surface area contributed by atoms with E-state index in [0.29, 0.717) is 23.5 Å². The van der Waals surface area contributed by atoms with E-state index < -0.39 is 15.1 Å². The van der Waals surface area contributed by atoms with Gasteiger partial charge in [-0.1, -0.05) is 34.8 Å². The van der Waals surface area contributed by atoms with Crippen molar-refractivity contribution < 1.29 is 13.2 Å². The van der Waals surface area contributed by atoms with Crippen LogP contribution in [0.5, 0.6) is 0 Å². The normalized spacial score (nSPS) is 20.9. The van der Waals surface area contributed by atoms with Crippen LogP contribution in [0.2, 0.25) is 0 Å². The molecule has 1 amide bonds. The summed E-state index contributed by atoms with van der Waals surface area (Å²) in [4.78, 5) is 14.6. The lowest BCUT2D eigenvalue weighted by Gasteiger charge is -2.19. The molecule has 122 valence electrons. The van der Waals surface area contributed by atoms with Crippen molar-refractivity contribution >= 4 is 27.3 Å². The molecule has 1 aliphatic rings. The minimum Gasteiger partial charge on any atom is -0.337 e. The quantitative estimate of drug-likeness (QED) is 0.825. The van der Waals surface area contributed by atoms with Gasteiger partial charge in [0.25, 0.3) is 5.91 Å². The lowest BCUT2D eigenvalue weighted by atomic mass is 10.1. The number of amides is 1. The average molecular weight is 351 g/mol. The van der Waals surface area contributed by atoms with Crippen molar-refractivity contribution in [3.63, 3.8) is 0 Å². The standard InChI is InChI=1S/C15H17N3O3S2/c1-11-14(22-17-16-11)15(19)18-8-7-13(23(20,21)10-9-18)12-5-3-2-4-6-12/h2-6,13H,7-10H2,1H3. The summed E-state index contributed by atoms with van der Waals surface area (Å²) in [6.07, 6.45) is 0.406. The van der Waals surface area contributed by atoms with Crippen LogP contribution in [0.3, 0.4) is 0 Å². The SMILES string of the molecule is Cc1nnsc1C(=O)N1CCC(c2ccccc2)S(=O)(=O)CC1. The van der Waals surface area contributed by atoms with E-state index in [0.717, 1.165) is 17.1 Å². The Morgan fingerprint density at radius 1 is 1.26 bits per heavy atom. The lowest BCUT2D eigenvalue weighted by molar-refractivity contribution is 0.0770. The van der Waals surface area contributed by atoms with Gasteiger partial charge in [-0.15, -0.1) is 5.10 Å². The van der Waals surface area contributed by atoms with Gasteiger partial charge in [-0.3, -0.25) is 4.79 Å². The minimum atomic E-state index is -3.28. The molecule has 1 atom stereocenters. The maximum atomic E-state index is 12.6. The number of hydrogen-bond acceptors (Lipinski definition) is 6. The summed E-state index contributed by atoms with van der Waals surface area (Å²) in [5, 5.41) is 3.30. The van der Waals surface area contributed by atoms with E-state index in [4.69, 9.17) is 0 Å². The van der Waals surface area contributed by atoms with Crippen LogP contribution in [0.1, 0.15) is 32.6 Å². The largest absolute Gasteiger partial charge is 0.337 e. The van der Waals surface area contributed by atoms with Gasteiger partial charge in [-0.25, -0.2) is 8.42 Å². The molecule has 0 bridgehead atoms. The summed E-state index contributed by atoms with van der Waals surface area (Å²) in [6.45, 7) is 2.36. The van der Waals surface area contributed by atoms with Crippen LogP contribution in [0.15, 0.2) is 30.3 Å². The smallest absolute Gasteiger partial charge is 0.267 e. The van der Waals surface area contributed by atoms with Crippen LogP contribution in [-0.4, -0.2) is 47.7 Å². The molecule has 1 aromatic carbocycles. The Bertz CT molecular complexity index is 802. The zero-order valence-electron chi connectivity index (χ0n) is 12.7. The first-order valence-corrected chi connectivity index (χ1v) is 9.82. The Hall–Kier alpha value is -1.80. The maximum absolute atomic E-state index is 12.6. The van der Waals surface area contributed by atoms with Gasteiger partial charge in [0.1, 0.15) is 4.88 Å². The van der Waals surface area contributed by atoms with Crippen molar-refractivity contribution in [2.45, 2.75) is 18.6 Å². The van der Waals surface area contributed by atoms with Gasteiger partial charge in [-0.2, -0.15) is 0 Å². The van der Waals surface area contributed by atoms with Crippen LogP contribution in [0.25, 0.3) is 0 Å². The number of carbonyl (C=O) groups excluding carboxylic acids is 1. The van der Waals surface area contributed by atoms with Gasteiger partial charge < -0.3 is 4.90 Å². The van der Waals surface area contributed by atoms with Gasteiger partial charge in [0.15, 0.2) is 9.84 Å². The third-order valence-electron chi connectivity index (χ3n) is 4.04. The number of aryl methyl sites for hydroxylation is 1. The highest BCUT2D eigenvalue weighted by molar-refractivity contribution is 7.91. The predicted molar refractivity (Wildman–Crippen MR) is 88.1 cm³/mol. The van der Waals surface area contributed by atoms with E-state index in [-0.39, 0.29) is 18.2 Å². The lowest BCUT2D eigenvalue weighted by Crippen LogP contribution is -2.33. The highest BCUT2D eigenvalue weighted by Crippen LogP contribution is 2.30. The number of rotatable bonds is 2. The molecule has 2 heterocycles. The second kappa shape index (κ2) is 6.37. The van der Waals surface area contributed by atoms with E-state index in [1.165, 1.54) is 0 Å². The highest BCUT2D eigenvalue weighted by atomic mass is 32.2. The molecule has 0 saturated carbocycles. The summed E-state index contributed by atoms with van der Waals surface area (Å²) in [5.74, 6) is -0.203. The molecule has 0 spiro atoms. The van der Waals surface area contributed by atoms with Gasteiger partial charge in [0.05, 0.1) is 16.7 Å². The zero-order valence-corrected chi connectivity index (χ0v) is 14.3. The van der Waals surface area contributed by atoms with E-state index in [2.05, 4.69) is 9.59 Å². The molecule has 23 heavy (non-hydrogen) atoms. The van der Waals surface area contributed by atoms with Gasteiger partial charge in [0, 0.05) is 13.1 Å². The van der Waals surface area contributed by atoms with E-state index in [1.54, 1.807) is 11.8 Å². The Morgan fingerprint density at radius 3 is 2.65 bits per heavy atom. The number of sulfone groups is 1. The number of hydrogen-bond donors (Lipinski definition) is 0. The number of aromatic nitrogens is 2. The van der Waals surface area contributed by atoms with E-state index in [9.17, 15) is 13.2 Å². The Kier molecular flexibility index (Phi) is 4.45. The second-order valence-corrected chi connectivity index (χ2v) is 8.59. The summed E-state index contributed by atoms with van der Waals surface area (Å²) in [6, 6.07) is 9.20. The fourth-order valence-electron chi connectivity index (χ4n) is 2.76. The topological polar surface area (TPSA) is 80.2 Å². The molecule has 0 radical (unpaired) electrons. The molecule has 1 fully saturated rings. The van der Waals surface area contributed by atoms with Crippen molar-refractivity contribution in [2.75, 3.05) is 18.8 Å². The summed E-state index contributed by atoms with van der Waals surface area (Å²) < 4.78 is 28.9. The third kappa shape index (κ3) is 3.28. The predicted octanol–water partition coefficient (Wildman–Crippen LogP) is 1.85. The summed E-state index contributed by atoms with van der Waals surface area (Å²) in [5.41, 5.74) is 1.38. The van der Waals surface area contributed by atoms with Crippen molar-refractivity contribution in [2.24, 2.45) is 0 Å². The Labute approximate surface area is 139 Å². The van der Waals surface area contributed by atoms with Crippen molar-refractivity contribution in [3.05, 3.63) is 46.5 Å². The molecule has 1 aliphatic heterocycles. The molecular weight excluding hydrogens is 334 g/mol. The van der Waals surface area contributed by atoms with E-state index in [1.807, 2.05) is 30.3 Å². The first kappa shape index (κ1) is 16.1. The molecule has 3 rings (SSSR count). The molecule has 1 aromatic heterocycles. The Morgan fingerprint density at radius 2 is 2.00 bits per heavy atom. The first-order chi connectivity index (χ1) is 11.0. The van der Waals surface area contributed by atoms with Gasteiger partial charge in [0.2, 0.25) is 0 Å². The van der Waals surface area contributed by atoms with Crippen LogP contribution in [0.4, 0.5) is 0 Å². The van der Waals surface area contributed by atoms with Crippen LogP contribution in [-0.2, 0) is 9.84 Å². The molecule has 0 N–H and O–H groups in total. The van der Waals surface area contributed by atoms with Crippen molar-refractivity contribution in [1.82, 2.24) is 14.5 Å². The summed E-state index contributed by atoms with van der Waals surface area (Å²) >= 11 is 1.05. The molecule has 2 aromatic rings. The molecule has 1 saturated heterocycles. The Balaban J connectivity index is 1.83. The summed E-state index contributed by atoms with van der Waals surface area (Å²) in [7, 11) is -3.28. The highest BCUT2D eigenvalue weighted by Gasteiger charge is 2.33. The van der Waals surface area contributed by atoms with Crippen LogP contribution < -0.4 is 0 Å².